The zero-order chi connectivity index (χ0) is 13.0. The van der Waals surface area contributed by atoms with Crippen molar-refractivity contribution in [3.8, 4) is 0 Å². The van der Waals surface area contributed by atoms with Gasteiger partial charge in [-0.2, -0.15) is 0 Å². The Morgan fingerprint density at radius 3 is 2.12 bits per heavy atom. The summed E-state index contributed by atoms with van der Waals surface area (Å²) >= 11 is 0. The summed E-state index contributed by atoms with van der Waals surface area (Å²) < 4.78 is 0. The van der Waals surface area contributed by atoms with Gasteiger partial charge in [0.05, 0.1) is 6.10 Å². The molecule has 0 fully saturated rings. The molecule has 0 aliphatic carbocycles. The summed E-state index contributed by atoms with van der Waals surface area (Å²) in [6.07, 6.45) is 0.359. The standard InChI is InChI=1S/C15H25NO/c1-10(2)14(9-16)15(17)8-13-11(3)6-5-7-12(13)4/h5-7,10,14-15,17H,8-9,16H2,1-4H3. The number of hydrogen-bond acceptors (Lipinski definition) is 2. The second-order valence-electron chi connectivity index (χ2n) is 5.29. The summed E-state index contributed by atoms with van der Waals surface area (Å²) in [7, 11) is 0. The lowest BCUT2D eigenvalue weighted by Gasteiger charge is -2.26. The average Bonchev–Trinajstić information content (AvgIpc) is 2.24. The monoisotopic (exact) mass is 235 g/mol. The summed E-state index contributed by atoms with van der Waals surface area (Å²) in [6, 6.07) is 6.26. The third-order valence-corrected chi connectivity index (χ3v) is 3.68. The van der Waals surface area contributed by atoms with Crippen molar-refractivity contribution in [3.63, 3.8) is 0 Å². The normalized spacial score (nSPS) is 15.0. The van der Waals surface area contributed by atoms with Crippen molar-refractivity contribution < 1.29 is 5.11 Å². The first-order valence-corrected chi connectivity index (χ1v) is 6.40. The minimum absolute atomic E-state index is 0.175. The van der Waals surface area contributed by atoms with Crippen LogP contribution in [0.15, 0.2) is 18.2 Å². The van der Waals surface area contributed by atoms with E-state index in [1.54, 1.807) is 0 Å². The quantitative estimate of drug-likeness (QED) is 0.823. The molecule has 0 heterocycles. The van der Waals surface area contributed by atoms with Gasteiger partial charge in [0.25, 0.3) is 0 Å². The lowest BCUT2D eigenvalue weighted by molar-refractivity contribution is 0.0861. The molecule has 0 aliphatic heterocycles. The van der Waals surface area contributed by atoms with Gasteiger partial charge in [-0.1, -0.05) is 32.0 Å². The molecule has 1 aromatic carbocycles. The minimum Gasteiger partial charge on any atom is -0.392 e. The molecule has 2 unspecified atom stereocenters. The van der Waals surface area contributed by atoms with Gasteiger partial charge in [-0.3, -0.25) is 0 Å². The molecule has 17 heavy (non-hydrogen) atoms. The van der Waals surface area contributed by atoms with Gasteiger partial charge < -0.3 is 10.8 Å². The summed E-state index contributed by atoms with van der Waals surface area (Å²) in [5.74, 6) is 0.591. The highest BCUT2D eigenvalue weighted by Crippen LogP contribution is 2.21. The maximum absolute atomic E-state index is 10.3. The number of aryl methyl sites for hydroxylation is 2. The van der Waals surface area contributed by atoms with Gasteiger partial charge in [0, 0.05) is 0 Å². The van der Waals surface area contributed by atoms with Gasteiger partial charge >= 0.3 is 0 Å². The van der Waals surface area contributed by atoms with E-state index in [0.717, 1.165) is 0 Å². The van der Waals surface area contributed by atoms with E-state index in [-0.39, 0.29) is 12.0 Å². The average molecular weight is 235 g/mol. The molecule has 0 aromatic heterocycles. The van der Waals surface area contributed by atoms with Crippen LogP contribution in [0.5, 0.6) is 0 Å². The Balaban J connectivity index is 2.83. The Morgan fingerprint density at radius 1 is 1.18 bits per heavy atom. The first-order chi connectivity index (χ1) is 7.97. The van der Waals surface area contributed by atoms with Gasteiger partial charge in [0.2, 0.25) is 0 Å². The molecule has 1 aromatic rings. The molecule has 2 nitrogen and oxygen atoms in total. The largest absolute Gasteiger partial charge is 0.392 e. The highest BCUT2D eigenvalue weighted by molar-refractivity contribution is 5.34. The Morgan fingerprint density at radius 2 is 1.71 bits per heavy atom. The Bertz CT molecular complexity index is 340. The molecule has 2 heteroatoms. The highest BCUT2D eigenvalue weighted by atomic mass is 16.3. The summed E-state index contributed by atoms with van der Waals surface area (Å²) in [4.78, 5) is 0. The van der Waals surface area contributed by atoms with E-state index in [2.05, 4.69) is 45.9 Å². The number of hydrogen-bond donors (Lipinski definition) is 2. The van der Waals surface area contributed by atoms with Gasteiger partial charge in [-0.25, -0.2) is 0 Å². The van der Waals surface area contributed by atoms with Crippen LogP contribution in [0.4, 0.5) is 0 Å². The van der Waals surface area contributed by atoms with E-state index in [1.165, 1.54) is 16.7 Å². The number of aliphatic hydroxyl groups excluding tert-OH is 1. The lowest BCUT2D eigenvalue weighted by Crippen LogP contribution is -2.33. The smallest absolute Gasteiger partial charge is 0.0623 e. The summed E-state index contributed by atoms with van der Waals surface area (Å²) in [5.41, 5.74) is 9.51. The first-order valence-electron chi connectivity index (χ1n) is 6.40. The van der Waals surface area contributed by atoms with Crippen molar-refractivity contribution in [1.82, 2.24) is 0 Å². The SMILES string of the molecule is Cc1cccc(C)c1CC(O)C(CN)C(C)C. The molecule has 96 valence electrons. The maximum atomic E-state index is 10.3. The fourth-order valence-electron chi connectivity index (χ4n) is 2.41. The van der Waals surface area contributed by atoms with Crippen molar-refractivity contribution >= 4 is 0 Å². The second kappa shape index (κ2) is 6.18. The van der Waals surface area contributed by atoms with E-state index in [4.69, 9.17) is 5.73 Å². The zero-order valence-electron chi connectivity index (χ0n) is 11.4. The topological polar surface area (TPSA) is 46.2 Å². The minimum atomic E-state index is -0.347. The van der Waals surface area contributed by atoms with Crippen molar-refractivity contribution in [2.24, 2.45) is 17.6 Å². The third-order valence-electron chi connectivity index (χ3n) is 3.68. The third kappa shape index (κ3) is 3.55. The molecule has 0 saturated heterocycles. The maximum Gasteiger partial charge on any atom is 0.0623 e. The number of rotatable bonds is 5. The van der Waals surface area contributed by atoms with Crippen LogP contribution in [0, 0.1) is 25.7 Å². The van der Waals surface area contributed by atoms with Gasteiger partial charge in [0.15, 0.2) is 0 Å². The molecular formula is C15H25NO. The van der Waals surface area contributed by atoms with E-state index in [1.807, 2.05) is 0 Å². The van der Waals surface area contributed by atoms with Gasteiger partial charge in [0.1, 0.15) is 0 Å². The van der Waals surface area contributed by atoms with Crippen molar-refractivity contribution in [3.05, 3.63) is 34.9 Å². The number of nitrogens with two attached hydrogens (primary N) is 1. The highest BCUT2D eigenvalue weighted by Gasteiger charge is 2.22. The summed E-state index contributed by atoms with van der Waals surface area (Å²) in [5, 5.41) is 10.3. The van der Waals surface area contributed by atoms with Crippen LogP contribution < -0.4 is 5.73 Å². The number of aliphatic hydroxyl groups is 1. The van der Waals surface area contributed by atoms with Crippen LogP contribution in [0.25, 0.3) is 0 Å². The van der Waals surface area contributed by atoms with Crippen molar-refractivity contribution in [2.75, 3.05) is 6.54 Å². The first kappa shape index (κ1) is 14.2. The lowest BCUT2D eigenvalue weighted by atomic mass is 9.85. The second-order valence-corrected chi connectivity index (χ2v) is 5.29. The Labute approximate surface area is 105 Å². The van der Waals surface area contributed by atoms with E-state index >= 15 is 0 Å². The van der Waals surface area contributed by atoms with E-state index in [9.17, 15) is 5.11 Å². The fourth-order valence-corrected chi connectivity index (χ4v) is 2.41. The predicted octanol–water partition coefficient (Wildman–Crippen LogP) is 2.44. The van der Waals surface area contributed by atoms with Crippen LogP contribution >= 0.6 is 0 Å². The molecule has 0 bridgehead atoms. The molecular weight excluding hydrogens is 210 g/mol. The predicted molar refractivity (Wildman–Crippen MR) is 73.0 cm³/mol. The summed E-state index contributed by atoms with van der Waals surface area (Å²) in [6.45, 7) is 8.98. The van der Waals surface area contributed by atoms with Crippen molar-refractivity contribution in [1.29, 1.82) is 0 Å². The van der Waals surface area contributed by atoms with E-state index < -0.39 is 0 Å². The molecule has 0 aliphatic rings. The van der Waals surface area contributed by atoms with Crippen LogP contribution in [0.1, 0.15) is 30.5 Å². The molecule has 3 N–H and O–H groups in total. The molecule has 2 atom stereocenters. The Hall–Kier alpha value is -0.860. The number of benzene rings is 1. The Kier molecular flexibility index (Phi) is 5.16. The van der Waals surface area contributed by atoms with E-state index in [0.29, 0.717) is 18.9 Å². The molecule has 1 rings (SSSR count). The fraction of sp³-hybridized carbons (Fsp3) is 0.600. The molecule has 0 amide bonds. The zero-order valence-corrected chi connectivity index (χ0v) is 11.4. The van der Waals surface area contributed by atoms with Gasteiger partial charge in [-0.15, -0.1) is 0 Å². The molecule has 0 spiro atoms. The van der Waals surface area contributed by atoms with Crippen LogP contribution in [0.2, 0.25) is 0 Å². The van der Waals surface area contributed by atoms with Crippen molar-refractivity contribution in [2.45, 2.75) is 40.2 Å². The van der Waals surface area contributed by atoms with Crippen LogP contribution in [-0.4, -0.2) is 17.8 Å². The molecule has 0 saturated carbocycles. The van der Waals surface area contributed by atoms with Crippen LogP contribution in [0.3, 0.4) is 0 Å². The van der Waals surface area contributed by atoms with Crippen LogP contribution in [-0.2, 0) is 6.42 Å². The van der Waals surface area contributed by atoms with Gasteiger partial charge in [-0.05, 0) is 55.3 Å². The molecule has 0 radical (unpaired) electrons.